The minimum absolute atomic E-state index is 0.415. The van der Waals surface area contributed by atoms with Crippen LogP contribution in [0.4, 0.5) is 4.39 Å². The molecule has 1 saturated heterocycles. The standard InChI is InChI=1S/C21H24BFO2/c1-15-6-10-17(11-7-15)18-12-8-16(9-13-18)14-19(23)22-24-20(2,3)21(4,5)25-22/h6-14H,1-5H3. The molecule has 0 aliphatic carbocycles. The van der Waals surface area contributed by atoms with E-state index in [9.17, 15) is 4.39 Å². The van der Waals surface area contributed by atoms with Gasteiger partial charge in [-0.25, -0.2) is 4.39 Å². The first kappa shape index (κ1) is 17.9. The van der Waals surface area contributed by atoms with Gasteiger partial charge in [0, 0.05) is 0 Å². The van der Waals surface area contributed by atoms with Gasteiger partial charge >= 0.3 is 7.12 Å². The molecule has 4 heteroatoms. The van der Waals surface area contributed by atoms with E-state index in [-0.39, 0.29) is 0 Å². The maximum absolute atomic E-state index is 14.6. The summed E-state index contributed by atoms with van der Waals surface area (Å²) in [5, 5.41) is 0. The van der Waals surface area contributed by atoms with E-state index in [1.807, 2.05) is 52.0 Å². The highest BCUT2D eigenvalue weighted by Crippen LogP contribution is 2.39. The SMILES string of the molecule is Cc1ccc(-c2ccc(C=C(F)B3OC(C)(C)C(C)(C)O3)cc2)cc1. The van der Waals surface area contributed by atoms with Crippen molar-refractivity contribution in [2.24, 2.45) is 0 Å². The van der Waals surface area contributed by atoms with E-state index < -0.39 is 24.0 Å². The summed E-state index contributed by atoms with van der Waals surface area (Å²) in [4.78, 5) is 0. The first-order valence-electron chi connectivity index (χ1n) is 8.58. The highest BCUT2D eigenvalue weighted by molar-refractivity contribution is 6.54. The quantitative estimate of drug-likeness (QED) is 0.678. The Bertz CT molecular complexity index is 761. The van der Waals surface area contributed by atoms with Gasteiger partial charge < -0.3 is 9.31 Å². The molecule has 130 valence electrons. The topological polar surface area (TPSA) is 18.5 Å². The summed E-state index contributed by atoms with van der Waals surface area (Å²) in [7, 11) is -0.957. The molecular weight excluding hydrogens is 314 g/mol. The Morgan fingerprint density at radius 1 is 0.840 bits per heavy atom. The average Bonchev–Trinajstić information content (AvgIpc) is 2.77. The maximum Gasteiger partial charge on any atom is 0.525 e. The summed E-state index contributed by atoms with van der Waals surface area (Å²) >= 11 is 0. The Morgan fingerprint density at radius 3 is 1.76 bits per heavy atom. The molecule has 25 heavy (non-hydrogen) atoms. The lowest BCUT2D eigenvalue weighted by Crippen LogP contribution is -2.41. The van der Waals surface area contributed by atoms with Gasteiger partial charge in [0.25, 0.3) is 0 Å². The van der Waals surface area contributed by atoms with Crippen LogP contribution in [0.3, 0.4) is 0 Å². The van der Waals surface area contributed by atoms with Crippen LogP contribution in [0.25, 0.3) is 17.2 Å². The molecule has 0 radical (unpaired) electrons. The van der Waals surface area contributed by atoms with Crippen molar-refractivity contribution in [3.8, 4) is 11.1 Å². The van der Waals surface area contributed by atoms with Crippen LogP contribution in [-0.4, -0.2) is 18.3 Å². The van der Waals surface area contributed by atoms with Gasteiger partial charge in [0.15, 0.2) is 0 Å². The highest BCUT2D eigenvalue weighted by atomic mass is 19.1. The summed E-state index contributed by atoms with van der Waals surface area (Å²) in [5.41, 5.74) is 2.76. The lowest BCUT2D eigenvalue weighted by atomic mass is 9.86. The molecule has 1 aliphatic heterocycles. The van der Waals surface area contributed by atoms with Crippen LogP contribution < -0.4 is 0 Å². The van der Waals surface area contributed by atoms with Crippen LogP contribution in [0, 0.1) is 6.92 Å². The fourth-order valence-electron chi connectivity index (χ4n) is 2.70. The average molecular weight is 338 g/mol. The van der Waals surface area contributed by atoms with Gasteiger partial charge in [-0.15, -0.1) is 0 Å². The van der Waals surface area contributed by atoms with E-state index in [1.54, 1.807) is 0 Å². The number of aryl methyl sites for hydroxylation is 1. The number of halogens is 1. The molecule has 2 nitrogen and oxygen atoms in total. The second kappa shape index (κ2) is 6.43. The Labute approximate surface area is 149 Å². The predicted octanol–water partition coefficient (Wildman–Crippen LogP) is 5.60. The maximum atomic E-state index is 14.6. The van der Waals surface area contributed by atoms with Gasteiger partial charge in [-0.2, -0.15) is 0 Å². The van der Waals surface area contributed by atoms with E-state index >= 15 is 0 Å². The number of benzene rings is 2. The molecule has 0 amide bonds. The molecule has 0 spiro atoms. The second-order valence-corrected chi connectivity index (χ2v) is 7.61. The van der Waals surface area contributed by atoms with Crippen LogP contribution in [0.5, 0.6) is 0 Å². The van der Waals surface area contributed by atoms with Crippen molar-refractivity contribution in [1.29, 1.82) is 0 Å². The molecule has 0 bridgehead atoms. The van der Waals surface area contributed by atoms with Crippen LogP contribution >= 0.6 is 0 Å². The Morgan fingerprint density at radius 2 is 1.28 bits per heavy atom. The molecule has 0 aromatic heterocycles. The molecule has 2 aromatic rings. The van der Waals surface area contributed by atoms with E-state index in [0.29, 0.717) is 0 Å². The monoisotopic (exact) mass is 338 g/mol. The largest absolute Gasteiger partial charge is 0.525 e. The van der Waals surface area contributed by atoms with E-state index in [0.717, 1.165) is 16.7 Å². The van der Waals surface area contributed by atoms with Gasteiger partial charge in [-0.3, -0.25) is 0 Å². The zero-order valence-corrected chi connectivity index (χ0v) is 15.5. The van der Waals surface area contributed by atoms with Crippen molar-refractivity contribution in [2.75, 3.05) is 0 Å². The minimum Gasteiger partial charge on any atom is -0.398 e. The predicted molar refractivity (Wildman–Crippen MR) is 102 cm³/mol. The Balaban J connectivity index is 1.77. The summed E-state index contributed by atoms with van der Waals surface area (Å²) in [5.74, 6) is 0. The molecule has 1 heterocycles. The van der Waals surface area contributed by atoms with Crippen LogP contribution in [-0.2, 0) is 9.31 Å². The third-order valence-corrected chi connectivity index (χ3v) is 5.08. The summed E-state index contributed by atoms with van der Waals surface area (Å²) in [6.07, 6.45) is 1.47. The smallest absolute Gasteiger partial charge is 0.398 e. The van der Waals surface area contributed by atoms with E-state index in [4.69, 9.17) is 9.31 Å². The molecule has 0 saturated carbocycles. The van der Waals surface area contributed by atoms with Crippen LogP contribution in [0.2, 0.25) is 0 Å². The zero-order valence-electron chi connectivity index (χ0n) is 15.5. The van der Waals surface area contributed by atoms with Crippen molar-refractivity contribution in [1.82, 2.24) is 0 Å². The van der Waals surface area contributed by atoms with Crippen molar-refractivity contribution >= 4 is 13.2 Å². The molecule has 0 N–H and O–H groups in total. The Hall–Kier alpha value is -1.91. The van der Waals surface area contributed by atoms with Crippen molar-refractivity contribution in [3.05, 3.63) is 65.4 Å². The number of rotatable bonds is 3. The molecule has 0 unspecified atom stereocenters. The van der Waals surface area contributed by atoms with Crippen molar-refractivity contribution < 1.29 is 13.7 Å². The summed E-state index contributed by atoms with van der Waals surface area (Å²) in [6.45, 7) is 9.72. The zero-order chi connectivity index (χ0) is 18.2. The van der Waals surface area contributed by atoms with E-state index in [2.05, 4.69) is 31.2 Å². The van der Waals surface area contributed by atoms with Gasteiger partial charge in [-0.05, 0) is 57.4 Å². The number of hydrogen-bond acceptors (Lipinski definition) is 2. The summed E-state index contributed by atoms with van der Waals surface area (Å²) in [6, 6.07) is 16.1. The molecule has 3 rings (SSSR count). The first-order valence-corrected chi connectivity index (χ1v) is 8.58. The van der Waals surface area contributed by atoms with Crippen molar-refractivity contribution in [2.45, 2.75) is 45.8 Å². The van der Waals surface area contributed by atoms with Crippen LogP contribution in [0.15, 0.2) is 54.3 Å². The Kier molecular flexibility index (Phi) is 4.61. The van der Waals surface area contributed by atoms with Gasteiger partial charge in [0.2, 0.25) is 0 Å². The molecular formula is C21H24BFO2. The lowest BCUT2D eigenvalue weighted by molar-refractivity contribution is 0.00578. The molecule has 1 aliphatic rings. The molecule has 1 fully saturated rings. The fourth-order valence-corrected chi connectivity index (χ4v) is 2.70. The highest BCUT2D eigenvalue weighted by Gasteiger charge is 2.53. The van der Waals surface area contributed by atoms with Crippen LogP contribution in [0.1, 0.15) is 38.8 Å². The normalized spacial score (nSPS) is 19.3. The third-order valence-electron chi connectivity index (χ3n) is 5.08. The molecule has 0 atom stereocenters. The fraction of sp³-hybridized carbons (Fsp3) is 0.333. The lowest BCUT2D eigenvalue weighted by Gasteiger charge is -2.32. The first-order chi connectivity index (χ1) is 11.7. The summed E-state index contributed by atoms with van der Waals surface area (Å²) < 4.78 is 26.0. The third kappa shape index (κ3) is 3.70. The number of hydrogen-bond donors (Lipinski definition) is 0. The van der Waals surface area contributed by atoms with Gasteiger partial charge in [-0.1, -0.05) is 54.1 Å². The minimum atomic E-state index is -0.957. The second-order valence-electron chi connectivity index (χ2n) is 7.61. The van der Waals surface area contributed by atoms with E-state index in [1.165, 1.54) is 11.6 Å². The van der Waals surface area contributed by atoms with Gasteiger partial charge in [0.1, 0.15) is 5.73 Å². The van der Waals surface area contributed by atoms with Gasteiger partial charge in [0.05, 0.1) is 11.2 Å². The van der Waals surface area contributed by atoms with Crippen molar-refractivity contribution in [3.63, 3.8) is 0 Å². The molecule has 2 aromatic carbocycles.